The van der Waals surface area contributed by atoms with Gasteiger partial charge in [-0.3, -0.25) is 4.90 Å². The lowest BCUT2D eigenvalue weighted by Crippen LogP contribution is -2.45. The second kappa shape index (κ2) is 7.37. The zero-order valence-electron chi connectivity index (χ0n) is 18.2. The minimum atomic E-state index is -0.657. The van der Waals surface area contributed by atoms with Crippen LogP contribution in [0, 0.1) is 12.7 Å². The molecule has 0 fully saturated rings. The van der Waals surface area contributed by atoms with Crippen molar-refractivity contribution in [2.75, 3.05) is 17.2 Å². The highest BCUT2D eigenvalue weighted by Gasteiger charge is 2.34. The van der Waals surface area contributed by atoms with Gasteiger partial charge in [-0.25, -0.2) is 19.2 Å². The standard InChI is InChI=1S/C23H25FN4O3/c1-12-11-28(22(29)31-23(3,4)5)20-13(2)17(10-27-21(20)30-12)16-6-14-8-19(25)26-9-15(14)7-18(16)24/h6-10,12H,11H2,1-5H3,(H2,25,26). The topological polar surface area (TPSA) is 90.6 Å². The molecular formula is C23H25FN4O3. The van der Waals surface area contributed by atoms with Crippen molar-refractivity contribution in [3.8, 4) is 17.0 Å². The summed E-state index contributed by atoms with van der Waals surface area (Å²) in [4.78, 5) is 22.9. The van der Waals surface area contributed by atoms with Crippen molar-refractivity contribution in [1.29, 1.82) is 0 Å². The molecule has 0 aliphatic carbocycles. The van der Waals surface area contributed by atoms with Crippen LogP contribution in [0.3, 0.4) is 0 Å². The van der Waals surface area contributed by atoms with Crippen LogP contribution in [0.15, 0.2) is 30.6 Å². The van der Waals surface area contributed by atoms with Gasteiger partial charge in [0.15, 0.2) is 0 Å². The third-order valence-electron chi connectivity index (χ3n) is 5.03. The van der Waals surface area contributed by atoms with Gasteiger partial charge in [-0.1, -0.05) is 0 Å². The van der Waals surface area contributed by atoms with E-state index in [0.717, 1.165) is 5.39 Å². The zero-order valence-corrected chi connectivity index (χ0v) is 18.2. The van der Waals surface area contributed by atoms with Crippen LogP contribution in [0.2, 0.25) is 0 Å². The van der Waals surface area contributed by atoms with Gasteiger partial charge in [0, 0.05) is 28.9 Å². The molecule has 1 aromatic carbocycles. The van der Waals surface area contributed by atoms with Crippen molar-refractivity contribution in [1.82, 2.24) is 9.97 Å². The highest BCUT2D eigenvalue weighted by atomic mass is 19.1. The lowest BCUT2D eigenvalue weighted by atomic mass is 9.97. The monoisotopic (exact) mass is 424 g/mol. The Bertz CT molecular complexity index is 1190. The summed E-state index contributed by atoms with van der Waals surface area (Å²) < 4.78 is 26.5. The molecule has 7 nitrogen and oxygen atoms in total. The quantitative estimate of drug-likeness (QED) is 0.601. The molecule has 0 spiro atoms. The van der Waals surface area contributed by atoms with E-state index in [0.29, 0.717) is 46.0 Å². The van der Waals surface area contributed by atoms with Gasteiger partial charge in [-0.2, -0.15) is 0 Å². The third kappa shape index (κ3) is 3.97. The highest BCUT2D eigenvalue weighted by Crippen LogP contribution is 2.41. The van der Waals surface area contributed by atoms with E-state index in [9.17, 15) is 4.79 Å². The predicted molar refractivity (Wildman–Crippen MR) is 118 cm³/mol. The van der Waals surface area contributed by atoms with Crippen molar-refractivity contribution >= 4 is 28.4 Å². The maximum absolute atomic E-state index is 15.0. The molecule has 31 heavy (non-hydrogen) atoms. The van der Waals surface area contributed by atoms with Crippen LogP contribution in [-0.2, 0) is 4.74 Å². The van der Waals surface area contributed by atoms with Crippen molar-refractivity contribution < 1.29 is 18.7 Å². The summed E-state index contributed by atoms with van der Waals surface area (Å²) in [6, 6.07) is 4.82. The van der Waals surface area contributed by atoms with E-state index in [4.69, 9.17) is 15.2 Å². The Kier molecular flexibility index (Phi) is 4.95. The Morgan fingerprint density at radius 3 is 2.65 bits per heavy atom. The van der Waals surface area contributed by atoms with Crippen molar-refractivity contribution in [3.05, 3.63) is 42.0 Å². The van der Waals surface area contributed by atoms with E-state index in [2.05, 4.69) is 9.97 Å². The average molecular weight is 424 g/mol. The van der Waals surface area contributed by atoms with Gasteiger partial charge in [0.2, 0.25) is 5.88 Å². The van der Waals surface area contributed by atoms with Gasteiger partial charge in [0.25, 0.3) is 0 Å². The molecule has 162 valence electrons. The number of rotatable bonds is 1. The first-order chi connectivity index (χ1) is 14.5. The lowest BCUT2D eigenvalue weighted by molar-refractivity contribution is 0.0549. The number of nitrogens with two attached hydrogens (primary N) is 1. The number of pyridine rings is 2. The third-order valence-corrected chi connectivity index (χ3v) is 5.03. The first-order valence-corrected chi connectivity index (χ1v) is 10.1. The Morgan fingerprint density at radius 2 is 1.94 bits per heavy atom. The predicted octanol–water partition coefficient (Wildman–Crippen LogP) is 4.85. The minimum Gasteiger partial charge on any atom is -0.471 e. The largest absolute Gasteiger partial charge is 0.471 e. The van der Waals surface area contributed by atoms with E-state index in [-0.39, 0.29) is 6.10 Å². The number of anilines is 2. The minimum absolute atomic E-state index is 0.259. The molecule has 1 amide bonds. The van der Waals surface area contributed by atoms with Gasteiger partial charge < -0.3 is 15.2 Å². The summed E-state index contributed by atoms with van der Waals surface area (Å²) in [6.07, 6.45) is 2.35. The molecule has 0 radical (unpaired) electrons. The fourth-order valence-electron chi connectivity index (χ4n) is 3.69. The van der Waals surface area contributed by atoms with Gasteiger partial charge in [0.05, 0.1) is 6.54 Å². The molecule has 1 atom stereocenters. The number of hydrogen-bond donors (Lipinski definition) is 1. The number of amides is 1. The van der Waals surface area contributed by atoms with Crippen LogP contribution >= 0.6 is 0 Å². The average Bonchev–Trinajstić information content (AvgIpc) is 2.66. The molecule has 3 heterocycles. The SMILES string of the molecule is Cc1c(-c2cc3cc(N)ncc3cc2F)cnc2c1N(C(=O)OC(C)(C)C)CC(C)O2. The van der Waals surface area contributed by atoms with Crippen molar-refractivity contribution in [3.63, 3.8) is 0 Å². The van der Waals surface area contributed by atoms with Crippen LogP contribution in [0.5, 0.6) is 5.88 Å². The van der Waals surface area contributed by atoms with Crippen LogP contribution in [0.1, 0.15) is 33.3 Å². The summed E-state index contributed by atoms with van der Waals surface area (Å²) in [5, 5.41) is 1.40. The molecule has 2 aromatic heterocycles. The second-order valence-electron chi connectivity index (χ2n) is 8.76. The summed E-state index contributed by atoms with van der Waals surface area (Å²) >= 11 is 0. The summed E-state index contributed by atoms with van der Waals surface area (Å²) in [5.41, 5.74) is 7.20. The number of aromatic nitrogens is 2. The van der Waals surface area contributed by atoms with Crippen molar-refractivity contribution in [2.24, 2.45) is 0 Å². The van der Waals surface area contributed by atoms with Crippen molar-refractivity contribution in [2.45, 2.75) is 46.3 Å². The van der Waals surface area contributed by atoms with E-state index in [1.54, 1.807) is 18.3 Å². The second-order valence-corrected chi connectivity index (χ2v) is 8.76. The molecule has 0 saturated carbocycles. The van der Waals surface area contributed by atoms with E-state index >= 15 is 4.39 Å². The Labute approximate surface area is 180 Å². The molecule has 1 aliphatic heterocycles. The Balaban J connectivity index is 1.86. The van der Waals surface area contributed by atoms with Crippen LogP contribution in [0.25, 0.3) is 21.9 Å². The number of ether oxygens (including phenoxy) is 2. The smallest absolute Gasteiger partial charge is 0.415 e. The van der Waals surface area contributed by atoms with Crippen LogP contribution in [-0.4, -0.2) is 34.3 Å². The van der Waals surface area contributed by atoms with Gasteiger partial charge >= 0.3 is 6.09 Å². The number of benzene rings is 1. The number of fused-ring (bicyclic) bond motifs is 2. The normalized spacial score (nSPS) is 16.1. The molecular weight excluding hydrogens is 399 g/mol. The van der Waals surface area contributed by atoms with Crippen LogP contribution < -0.4 is 15.4 Å². The molecule has 0 saturated heterocycles. The fraction of sp³-hybridized carbons (Fsp3) is 0.348. The van der Waals surface area contributed by atoms with Gasteiger partial charge in [0.1, 0.15) is 29.0 Å². The molecule has 0 bridgehead atoms. The number of carbonyl (C=O) groups is 1. The summed E-state index contributed by atoms with van der Waals surface area (Å²) in [6.45, 7) is 9.40. The zero-order chi connectivity index (χ0) is 22.5. The number of carbonyl (C=O) groups excluding carboxylic acids is 1. The number of hydrogen-bond acceptors (Lipinski definition) is 6. The Morgan fingerprint density at radius 1 is 1.19 bits per heavy atom. The molecule has 2 N–H and O–H groups in total. The Hall–Kier alpha value is -3.42. The number of nitrogens with zero attached hydrogens (tertiary/aromatic N) is 3. The molecule has 3 aromatic rings. The number of nitrogen functional groups attached to an aromatic ring is 1. The lowest BCUT2D eigenvalue weighted by Gasteiger charge is -2.35. The van der Waals surface area contributed by atoms with Gasteiger partial charge in [-0.05, 0) is 63.8 Å². The highest BCUT2D eigenvalue weighted by molar-refractivity contribution is 5.94. The molecule has 1 aliphatic rings. The maximum atomic E-state index is 15.0. The first-order valence-electron chi connectivity index (χ1n) is 10.1. The molecule has 1 unspecified atom stereocenters. The van der Waals surface area contributed by atoms with E-state index < -0.39 is 17.5 Å². The number of halogens is 1. The summed E-state index contributed by atoms with van der Waals surface area (Å²) in [7, 11) is 0. The van der Waals surface area contributed by atoms with E-state index in [1.165, 1.54) is 17.2 Å². The fourth-order valence-corrected chi connectivity index (χ4v) is 3.69. The van der Waals surface area contributed by atoms with Crippen LogP contribution in [0.4, 0.5) is 20.7 Å². The molecule has 8 heteroatoms. The first kappa shape index (κ1) is 20.8. The maximum Gasteiger partial charge on any atom is 0.415 e. The summed E-state index contributed by atoms with van der Waals surface area (Å²) in [5.74, 6) is 0.252. The van der Waals surface area contributed by atoms with E-state index in [1.807, 2.05) is 34.6 Å². The van der Waals surface area contributed by atoms with Gasteiger partial charge in [-0.15, -0.1) is 0 Å². The molecule has 4 rings (SSSR count).